The van der Waals surface area contributed by atoms with Gasteiger partial charge in [-0.3, -0.25) is 9.40 Å². The molecular formula is C13H20N4O2S2. The van der Waals surface area contributed by atoms with Crippen LogP contribution < -0.4 is 10.0 Å². The number of hydrogen-bond donors (Lipinski definition) is 2. The molecule has 0 aromatic carbocycles. The minimum Gasteiger partial charge on any atom is -0.312 e. The summed E-state index contributed by atoms with van der Waals surface area (Å²) in [7, 11) is -1.80. The van der Waals surface area contributed by atoms with E-state index in [9.17, 15) is 8.42 Å². The van der Waals surface area contributed by atoms with Gasteiger partial charge < -0.3 is 5.32 Å². The topological polar surface area (TPSA) is 76.0 Å². The van der Waals surface area contributed by atoms with E-state index in [0.29, 0.717) is 22.8 Å². The molecule has 0 bridgehead atoms. The maximum absolute atomic E-state index is 12.3. The van der Waals surface area contributed by atoms with Crippen molar-refractivity contribution < 1.29 is 8.42 Å². The predicted molar refractivity (Wildman–Crippen MR) is 85.1 cm³/mol. The van der Waals surface area contributed by atoms with Gasteiger partial charge in [0.2, 0.25) is 0 Å². The predicted octanol–water partition coefficient (Wildman–Crippen LogP) is 2.09. The Morgan fingerprint density at radius 3 is 2.81 bits per heavy atom. The van der Waals surface area contributed by atoms with Crippen molar-refractivity contribution in [3.63, 3.8) is 0 Å². The fourth-order valence-electron chi connectivity index (χ4n) is 1.89. The fourth-order valence-corrected chi connectivity index (χ4v) is 4.23. The van der Waals surface area contributed by atoms with Crippen LogP contribution in [0.15, 0.2) is 22.5 Å². The van der Waals surface area contributed by atoms with Gasteiger partial charge in [0, 0.05) is 30.0 Å². The monoisotopic (exact) mass is 328 g/mol. The van der Waals surface area contributed by atoms with Crippen LogP contribution in [0.5, 0.6) is 0 Å². The Labute approximate surface area is 129 Å². The zero-order valence-corrected chi connectivity index (χ0v) is 14.0. The molecule has 2 heterocycles. The number of nitrogens with zero attached hydrogens (tertiary/aromatic N) is 2. The Hall–Kier alpha value is -1.38. The number of rotatable bonds is 7. The molecule has 0 saturated carbocycles. The van der Waals surface area contributed by atoms with E-state index >= 15 is 0 Å². The van der Waals surface area contributed by atoms with Gasteiger partial charge in [0.05, 0.1) is 16.3 Å². The van der Waals surface area contributed by atoms with Crippen molar-refractivity contribution in [2.45, 2.75) is 31.7 Å². The fraction of sp³-hybridized carbons (Fsp3) is 0.462. The molecule has 0 atom stereocenters. The zero-order chi connectivity index (χ0) is 15.5. The molecule has 0 unspecified atom stereocenters. The molecule has 0 aliphatic carbocycles. The number of hydrogen-bond acceptors (Lipinski definition) is 5. The summed E-state index contributed by atoms with van der Waals surface area (Å²) in [6.45, 7) is 5.48. The minimum atomic E-state index is -3.55. The van der Waals surface area contributed by atoms with Crippen LogP contribution in [0.1, 0.15) is 23.9 Å². The van der Waals surface area contributed by atoms with Gasteiger partial charge >= 0.3 is 0 Å². The van der Waals surface area contributed by atoms with E-state index in [1.165, 1.54) is 11.3 Å². The first-order valence-electron chi connectivity index (χ1n) is 6.73. The van der Waals surface area contributed by atoms with Crippen LogP contribution in [0, 0.1) is 6.92 Å². The van der Waals surface area contributed by atoms with E-state index in [4.69, 9.17) is 0 Å². The van der Waals surface area contributed by atoms with Crippen molar-refractivity contribution in [2.75, 3.05) is 11.3 Å². The van der Waals surface area contributed by atoms with Crippen LogP contribution >= 0.6 is 11.3 Å². The number of nitrogens with one attached hydrogen (secondary N) is 2. The molecule has 21 heavy (non-hydrogen) atoms. The molecule has 2 N–H and O–H groups in total. The van der Waals surface area contributed by atoms with E-state index in [1.54, 1.807) is 36.3 Å². The lowest BCUT2D eigenvalue weighted by Crippen LogP contribution is -2.14. The Balaban J connectivity index is 2.11. The Morgan fingerprint density at radius 2 is 2.19 bits per heavy atom. The maximum atomic E-state index is 12.3. The van der Waals surface area contributed by atoms with Crippen molar-refractivity contribution in [3.05, 3.63) is 28.2 Å². The van der Waals surface area contributed by atoms with Crippen molar-refractivity contribution >= 4 is 27.0 Å². The summed E-state index contributed by atoms with van der Waals surface area (Å²) in [6.07, 6.45) is 2.71. The Bertz CT molecular complexity index is 704. The molecule has 2 rings (SSSR count). The highest BCUT2D eigenvalue weighted by Gasteiger charge is 2.18. The van der Waals surface area contributed by atoms with Gasteiger partial charge in [0.15, 0.2) is 0 Å². The third-order valence-corrected chi connectivity index (χ3v) is 5.35. The molecule has 8 heteroatoms. The highest BCUT2D eigenvalue weighted by atomic mass is 32.2. The SMILES string of the molecule is CCCNCc1cc(S(=O)(=O)Nc2cn(C)nc2C)cs1. The summed E-state index contributed by atoms with van der Waals surface area (Å²) in [4.78, 5) is 1.30. The highest BCUT2D eigenvalue weighted by molar-refractivity contribution is 7.92. The summed E-state index contributed by atoms with van der Waals surface area (Å²) >= 11 is 1.44. The first kappa shape index (κ1) is 16.0. The number of sulfonamides is 1. The molecule has 0 radical (unpaired) electrons. The first-order chi connectivity index (χ1) is 9.92. The first-order valence-corrected chi connectivity index (χ1v) is 9.10. The van der Waals surface area contributed by atoms with E-state index in [2.05, 4.69) is 22.1 Å². The summed E-state index contributed by atoms with van der Waals surface area (Å²) in [5.74, 6) is 0. The van der Waals surface area contributed by atoms with Crippen molar-refractivity contribution in [3.8, 4) is 0 Å². The molecule has 0 aliphatic heterocycles. The van der Waals surface area contributed by atoms with E-state index < -0.39 is 10.0 Å². The number of aromatic nitrogens is 2. The zero-order valence-electron chi connectivity index (χ0n) is 12.4. The van der Waals surface area contributed by atoms with Gasteiger partial charge in [-0.05, 0) is 26.0 Å². The summed E-state index contributed by atoms with van der Waals surface area (Å²) in [6, 6.07) is 1.71. The lowest BCUT2D eigenvalue weighted by Gasteiger charge is -2.04. The molecular weight excluding hydrogens is 308 g/mol. The number of thiophene rings is 1. The van der Waals surface area contributed by atoms with E-state index in [-0.39, 0.29) is 0 Å². The Morgan fingerprint density at radius 1 is 1.43 bits per heavy atom. The molecule has 0 saturated heterocycles. The normalized spacial score (nSPS) is 11.8. The highest BCUT2D eigenvalue weighted by Crippen LogP contribution is 2.23. The molecule has 0 spiro atoms. The van der Waals surface area contributed by atoms with Gasteiger partial charge in [-0.2, -0.15) is 5.10 Å². The van der Waals surface area contributed by atoms with Gasteiger partial charge in [0.1, 0.15) is 0 Å². The average Bonchev–Trinajstić information content (AvgIpc) is 2.98. The van der Waals surface area contributed by atoms with Crippen LogP contribution in [0.4, 0.5) is 5.69 Å². The third-order valence-electron chi connectivity index (χ3n) is 2.92. The van der Waals surface area contributed by atoms with Gasteiger partial charge in [-0.1, -0.05) is 6.92 Å². The molecule has 0 fully saturated rings. The summed E-state index contributed by atoms with van der Waals surface area (Å²) in [5.41, 5.74) is 1.16. The van der Waals surface area contributed by atoms with Crippen molar-refractivity contribution in [1.82, 2.24) is 15.1 Å². The molecule has 0 aliphatic rings. The molecule has 6 nitrogen and oxygen atoms in total. The quantitative estimate of drug-likeness (QED) is 0.763. The van der Waals surface area contributed by atoms with Crippen LogP contribution in [-0.2, 0) is 23.6 Å². The van der Waals surface area contributed by atoms with Gasteiger partial charge in [0.25, 0.3) is 10.0 Å². The second-order valence-electron chi connectivity index (χ2n) is 4.83. The van der Waals surface area contributed by atoms with Crippen LogP contribution in [0.25, 0.3) is 0 Å². The maximum Gasteiger partial charge on any atom is 0.262 e. The van der Waals surface area contributed by atoms with Crippen LogP contribution in [-0.4, -0.2) is 24.7 Å². The van der Waals surface area contributed by atoms with Gasteiger partial charge in [-0.15, -0.1) is 11.3 Å². The van der Waals surface area contributed by atoms with Crippen molar-refractivity contribution in [2.24, 2.45) is 7.05 Å². The number of aryl methyl sites for hydroxylation is 2. The van der Waals surface area contributed by atoms with Crippen LogP contribution in [0.3, 0.4) is 0 Å². The average molecular weight is 328 g/mol. The van der Waals surface area contributed by atoms with Gasteiger partial charge in [-0.25, -0.2) is 8.42 Å². The molecule has 116 valence electrons. The number of anilines is 1. The largest absolute Gasteiger partial charge is 0.312 e. The Kier molecular flexibility index (Phi) is 5.02. The lowest BCUT2D eigenvalue weighted by molar-refractivity contribution is 0.601. The van der Waals surface area contributed by atoms with E-state index in [0.717, 1.165) is 17.8 Å². The standard InChI is InChI=1S/C13H20N4O2S2/c1-4-5-14-7-11-6-12(9-20-11)21(18,19)16-13-8-17(3)15-10(13)2/h6,8-9,14,16H,4-5,7H2,1-3H3. The second-order valence-corrected chi connectivity index (χ2v) is 7.51. The van der Waals surface area contributed by atoms with Crippen molar-refractivity contribution in [1.29, 1.82) is 0 Å². The van der Waals surface area contributed by atoms with E-state index in [1.807, 2.05) is 0 Å². The molecule has 2 aromatic rings. The minimum absolute atomic E-state index is 0.295. The summed E-state index contributed by atoms with van der Waals surface area (Å²) < 4.78 is 28.9. The second kappa shape index (κ2) is 6.59. The molecule has 2 aromatic heterocycles. The molecule has 0 amide bonds. The lowest BCUT2D eigenvalue weighted by atomic mass is 10.4. The van der Waals surface area contributed by atoms with Crippen LogP contribution in [0.2, 0.25) is 0 Å². The smallest absolute Gasteiger partial charge is 0.262 e. The summed E-state index contributed by atoms with van der Waals surface area (Å²) in [5, 5.41) is 9.05. The third kappa shape index (κ3) is 4.05.